The Labute approximate surface area is 175 Å². The molecule has 1 unspecified atom stereocenters. The van der Waals surface area contributed by atoms with E-state index in [0.717, 1.165) is 19.4 Å². The van der Waals surface area contributed by atoms with Crippen molar-refractivity contribution in [3.05, 3.63) is 53.1 Å². The van der Waals surface area contributed by atoms with Gasteiger partial charge >= 0.3 is 0 Å². The third-order valence-corrected chi connectivity index (χ3v) is 4.77. The van der Waals surface area contributed by atoms with Gasteiger partial charge in [-0.3, -0.25) is 9.59 Å². The monoisotopic (exact) mass is 423 g/mol. The van der Waals surface area contributed by atoms with Crippen LogP contribution in [0.5, 0.6) is 0 Å². The van der Waals surface area contributed by atoms with Gasteiger partial charge in [-0.15, -0.1) is 12.4 Å². The van der Waals surface area contributed by atoms with Crippen molar-refractivity contribution < 1.29 is 9.59 Å². The molecule has 0 bridgehead atoms. The normalized spacial score (nSPS) is 16.2. The molecule has 1 aromatic heterocycles. The third kappa shape index (κ3) is 5.41. The fourth-order valence-corrected chi connectivity index (χ4v) is 3.36. The first-order valence-corrected chi connectivity index (χ1v) is 9.28. The molecule has 1 aliphatic heterocycles. The van der Waals surface area contributed by atoms with Crippen molar-refractivity contribution >= 4 is 41.5 Å². The molecular weight excluding hydrogens is 401 g/mol. The van der Waals surface area contributed by atoms with Crippen molar-refractivity contribution in [3.63, 3.8) is 0 Å². The molecule has 0 aliphatic carbocycles. The molecule has 9 heteroatoms. The van der Waals surface area contributed by atoms with Gasteiger partial charge in [0.25, 0.3) is 11.8 Å². The van der Waals surface area contributed by atoms with Crippen LogP contribution in [0.1, 0.15) is 33.8 Å². The van der Waals surface area contributed by atoms with E-state index < -0.39 is 5.91 Å². The van der Waals surface area contributed by atoms with Gasteiger partial charge in [0.05, 0.1) is 0 Å². The molecule has 150 valence electrons. The molecule has 1 fully saturated rings. The molecule has 1 saturated heterocycles. The molecule has 3 rings (SSSR count). The Kier molecular flexibility index (Phi) is 8.17. The summed E-state index contributed by atoms with van der Waals surface area (Å²) in [6.45, 7) is 2.16. The molecular formula is C19H23Cl2N5O2. The van der Waals surface area contributed by atoms with E-state index in [2.05, 4.69) is 20.6 Å². The molecule has 2 heterocycles. The second-order valence-corrected chi connectivity index (χ2v) is 6.97. The van der Waals surface area contributed by atoms with Gasteiger partial charge in [-0.1, -0.05) is 11.6 Å². The Morgan fingerprint density at radius 3 is 2.54 bits per heavy atom. The number of aromatic nitrogens is 2. The standard InChI is InChI=1S/C19H22ClN5O2.ClH/c1-21-11-13-3-2-10-25(12-13)19(27)17-16(22-8-9-23-17)18(26)24-15-6-4-14(20)5-7-15;/h4-9,13,21H,2-3,10-12H2,1H3,(H,24,26);1H. The van der Waals surface area contributed by atoms with Crippen molar-refractivity contribution in [2.24, 2.45) is 5.92 Å². The van der Waals surface area contributed by atoms with E-state index in [1.54, 1.807) is 29.2 Å². The SMILES string of the molecule is CNCC1CCCN(C(=O)c2nccnc2C(=O)Nc2ccc(Cl)cc2)C1.Cl. The third-order valence-electron chi connectivity index (χ3n) is 4.52. The summed E-state index contributed by atoms with van der Waals surface area (Å²) in [5.41, 5.74) is 0.669. The minimum Gasteiger partial charge on any atom is -0.337 e. The highest BCUT2D eigenvalue weighted by molar-refractivity contribution is 6.30. The van der Waals surface area contributed by atoms with Crippen LogP contribution in [0.2, 0.25) is 5.02 Å². The Morgan fingerprint density at radius 2 is 1.86 bits per heavy atom. The zero-order chi connectivity index (χ0) is 19.2. The van der Waals surface area contributed by atoms with Gasteiger partial charge < -0.3 is 15.5 Å². The summed E-state index contributed by atoms with van der Waals surface area (Å²) in [5, 5.41) is 6.46. The molecule has 1 atom stereocenters. The summed E-state index contributed by atoms with van der Waals surface area (Å²) in [6, 6.07) is 6.72. The zero-order valence-electron chi connectivity index (χ0n) is 15.5. The number of benzene rings is 1. The minimum atomic E-state index is -0.474. The predicted molar refractivity (Wildman–Crippen MR) is 111 cm³/mol. The molecule has 2 amide bonds. The summed E-state index contributed by atoms with van der Waals surface area (Å²) in [4.78, 5) is 35.6. The number of likely N-dealkylation sites (tertiary alicyclic amines) is 1. The lowest BCUT2D eigenvalue weighted by molar-refractivity contribution is 0.0663. The molecule has 2 N–H and O–H groups in total. The van der Waals surface area contributed by atoms with Crippen LogP contribution >= 0.6 is 24.0 Å². The van der Waals surface area contributed by atoms with Gasteiger partial charge in [0.15, 0.2) is 11.4 Å². The van der Waals surface area contributed by atoms with E-state index in [4.69, 9.17) is 11.6 Å². The van der Waals surface area contributed by atoms with Gasteiger partial charge in [0, 0.05) is 36.2 Å². The number of hydrogen-bond donors (Lipinski definition) is 2. The van der Waals surface area contributed by atoms with Crippen LogP contribution < -0.4 is 10.6 Å². The molecule has 0 spiro atoms. The summed E-state index contributed by atoms with van der Waals surface area (Å²) in [5.74, 6) is -0.335. The largest absolute Gasteiger partial charge is 0.337 e. The van der Waals surface area contributed by atoms with Crippen LogP contribution in [-0.4, -0.2) is 53.4 Å². The van der Waals surface area contributed by atoms with Gasteiger partial charge in [0.1, 0.15) is 0 Å². The van der Waals surface area contributed by atoms with E-state index in [9.17, 15) is 9.59 Å². The van der Waals surface area contributed by atoms with Crippen LogP contribution in [0, 0.1) is 5.92 Å². The maximum Gasteiger partial charge on any atom is 0.276 e. The van der Waals surface area contributed by atoms with Crippen LogP contribution in [0.4, 0.5) is 5.69 Å². The lowest BCUT2D eigenvalue weighted by atomic mass is 9.97. The van der Waals surface area contributed by atoms with Crippen LogP contribution in [0.3, 0.4) is 0 Å². The second kappa shape index (κ2) is 10.4. The van der Waals surface area contributed by atoms with E-state index >= 15 is 0 Å². The molecule has 7 nitrogen and oxygen atoms in total. The Hall–Kier alpha value is -2.22. The summed E-state index contributed by atoms with van der Waals surface area (Å²) >= 11 is 5.86. The first kappa shape index (κ1) is 22.1. The van der Waals surface area contributed by atoms with Gasteiger partial charge in [-0.05, 0) is 56.6 Å². The number of carbonyl (C=O) groups is 2. The van der Waals surface area contributed by atoms with Gasteiger partial charge in [0.2, 0.25) is 0 Å². The number of rotatable bonds is 5. The highest BCUT2D eigenvalue weighted by atomic mass is 35.5. The van der Waals surface area contributed by atoms with Crippen LogP contribution in [0.15, 0.2) is 36.7 Å². The molecule has 2 aromatic rings. The van der Waals surface area contributed by atoms with Crippen molar-refractivity contribution in [2.75, 3.05) is 32.0 Å². The van der Waals surface area contributed by atoms with Gasteiger partial charge in [-0.25, -0.2) is 9.97 Å². The number of hydrogen-bond acceptors (Lipinski definition) is 5. The van der Waals surface area contributed by atoms with Crippen molar-refractivity contribution in [2.45, 2.75) is 12.8 Å². The number of nitrogens with one attached hydrogen (secondary N) is 2. The quantitative estimate of drug-likeness (QED) is 0.771. The summed E-state index contributed by atoms with van der Waals surface area (Å²) < 4.78 is 0. The topological polar surface area (TPSA) is 87.2 Å². The number of anilines is 1. The van der Waals surface area contributed by atoms with Crippen LogP contribution in [0.25, 0.3) is 0 Å². The highest BCUT2D eigenvalue weighted by Gasteiger charge is 2.28. The lowest BCUT2D eigenvalue weighted by Gasteiger charge is -2.32. The fourth-order valence-electron chi connectivity index (χ4n) is 3.24. The van der Waals surface area contributed by atoms with Gasteiger partial charge in [-0.2, -0.15) is 0 Å². The smallest absolute Gasteiger partial charge is 0.276 e. The van der Waals surface area contributed by atoms with E-state index in [-0.39, 0.29) is 29.7 Å². The second-order valence-electron chi connectivity index (χ2n) is 6.53. The number of amides is 2. The maximum atomic E-state index is 13.0. The summed E-state index contributed by atoms with van der Waals surface area (Å²) in [7, 11) is 1.91. The van der Waals surface area contributed by atoms with Crippen LogP contribution in [-0.2, 0) is 0 Å². The first-order valence-electron chi connectivity index (χ1n) is 8.90. The minimum absolute atomic E-state index is 0. The number of piperidine rings is 1. The molecule has 28 heavy (non-hydrogen) atoms. The van der Waals surface area contributed by atoms with Crippen molar-refractivity contribution in [3.8, 4) is 0 Å². The Morgan fingerprint density at radius 1 is 1.18 bits per heavy atom. The summed E-state index contributed by atoms with van der Waals surface area (Å²) in [6.07, 6.45) is 4.86. The number of carbonyl (C=O) groups excluding carboxylic acids is 2. The molecule has 1 aromatic carbocycles. The number of nitrogens with zero attached hydrogens (tertiary/aromatic N) is 3. The van der Waals surface area contributed by atoms with Crippen molar-refractivity contribution in [1.29, 1.82) is 0 Å². The van der Waals surface area contributed by atoms with E-state index in [1.165, 1.54) is 12.4 Å². The Balaban J connectivity index is 0.00000280. The Bertz CT molecular complexity index is 814. The number of halogens is 2. The van der Waals surface area contributed by atoms with Crippen molar-refractivity contribution in [1.82, 2.24) is 20.2 Å². The van der Waals surface area contributed by atoms with E-state index in [0.29, 0.717) is 29.7 Å². The lowest BCUT2D eigenvalue weighted by Crippen LogP contribution is -2.43. The molecule has 1 aliphatic rings. The average molecular weight is 424 g/mol. The fraction of sp³-hybridized carbons (Fsp3) is 0.368. The predicted octanol–water partition coefficient (Wildman–Crippen LogP) is 2.88. The first-order chi connectivity index (χ1) is 13.1. The average Bonchev–Trinajstić information content (AvgIpc) is 2.69. The maximum absolute atomic E-state index is 13.0. The zero-order valence-corrected chi connectivity index (χ0v) is 17.1. The molecule has 0 saturated carbocycles. The highest BCUT2D eigenvalue weighted by Crippen LogP contribution is 2.19. The molecule has 0 radical (unpaired) electrons. The van der Waals surface area contributed by atoms with E-state index in [1.807, 2.05) is 7.05 Å².